The first kappa shape index (κ1) is 14.9. The Morgan fingerprint density at radius 1 is 1.30 bits per heavy atom. The maximum Gasteiger partial charge on any atom is 0.335 e. The van der Waals surface area contributed by atoms with Crippen LogP contribution < -0.4 is 4.74 Å². The van der Waals surface area contributed by atoms with Gasteiger partial charge in [0.25, 0.3) is 0 Å². The largest absolute Gasteiger partial charge is 0.493 e. The van der Waals surface area contributed by atoms with Gasteiger partial charge in [0.1, 0.15) is 5.75 Å². The maximum absolute atomic E-state index is 10.8. The molecule has 0 saturated heterocycles. The number of carbonyl (C=O) groups is 1. The first-order valence-electron chi connectivity index (χ1n) is 5.85. The number of carboxylic acid groups (broad SMARTS) is 1. The van der Waals surface area contributed by atoms with Crippen molar-refractivity contribution >= 4 is 33.7 Å². The summed E-state index contributed by atoms with van der Waals surface area (Å²) >= 11 is 4.83. The summed E-state index contributed by atoms with van der Waals surface area (Å²) in [4.78, 5) is 14.9. The Bertz CT molecular complexity index is 589. The fraction of sp³-hybridized carbons (Fsp3) is 0.143. The van der Waals surface area contributed by atoms with Crippen molar-refractivity contribution in [2.45, 2.75) is 5.03 Å². The summed E-state index contributed by atoms with van der Waals surface area (Å²) in [6.07, 6.45) is 1.50. The summed E-state index contributed by atoms with van der Waals surface area (Å²) in [6.45, 7) is 0.533. The monoisotopic (exact) mass is 353 g/mol. The zero-order valence-electron chi connectivity index (χ0n) is 10.5. The Labute approximate surface area is 129 Å². The average Bonchev–Trinajstić information content (AvgIpc) is 2.46. The number of rotatable bonds is 6. The van der Waals surface area contributed by atoms with Crippen LogP contribution in [-0.4, -0.2) is 28.4 Å². The highest BCUT2D eigenvalue weighted by Gasteiger charge is 2.04. The number of ether oxygens (including phenoxy) is 1. The second-order valence-corrected chi connectivity index (χ2v) is 5.87. The number of carboxylic acids is 1. The smallest absolute Gasteiger partial charge is 0.335 e. The standard InChI is InChI=1S/C14H12BrNO3S/c15-11-1-3-12(4-2-11)19-7-8-20-13-9-10(14(17)18)5-6-16-13/h1-6,9H,7-8H2,(H,17,18). The summed E-state index contributed by atoms with van der Waals surface area (Å²) in [5.74, 6) is 0.563. The van der Waals surface area contributed by atoms with Crippen LogP contribution in [-0.2, 0) is 0 Å². The SMILES string of the molecule is O=C(O)c1ccnc(SCCOc2ccc(Br)cc2)c1. The van der Waals surface area contributed by atoms with Crippen molar-refractivity contribution in [3.05, 3.63) is 52.6 Å². The number of hydrogen-bond donors (Lipinski definition) is 1. The molecule has 4 nitrogen and oxygen atoms in total. The third kappa shape index (κ3) is 4.54. The molecule has 0 aliphatic rings. The molecule has 0 aliphatic carbocycles. The van der Waals surface area contributed by atoms with Gasteiger partial charge in [-0.2, -0.15) is 0 Å². The fourth-order valence-corrected chi connectivity index (χ4v) is 2.44. The van der Waals surface area contributed by atoms with Gasteiger partial charge in [-0.25, -0.2) is 9.78 Å². The predicted octanol–water partition coefficient (Wildman–Crippen LogP) is 3.71. The summed E-state index contributed by atoms with van der Waals surface area (Å²) in [7, 11) is 0. The highest BCUT2D eigenvalue weighted by atomic mass is 79.9. The molecule has 1 aromatic carbocycles. The van der Waals surface area contributed by atoms with Crippen molar-refractivity contribution in [3.8, 4) is 5.75 Å². The van der Waals surface area contributed by atoms with E-state index in [2.05, 4.69) is 20.9 Å². The molecule has 1 heterocycles. The minimum absolute atomic E-state index is 0.247. The van der Waals surface area contributed by atoms with Crippen molar-refractivity contribution in [2.24, 2.45) is 0 Å². The summed E-state index contributed by atoms with van der Waals surface area (Å²) < 4.78 is 6.58. The molecule has 0 aliphatic heterocycles. The molecular weight excluding hydrogens is 342 g/mol. The number of aromatic carboxylic acids is 1. The first-order chi connectivity index (χ1) is 9.65. The number of aromatic nitrogens is 1. The van der Waals surface area contributed by atoms with E-state index in [0.29, 0.717) is 17.4 Å². The molecule has 0 fully saturated rings. The Balaban J connectivity index is 1.79. The predicted molar refractivity (Wildman–Crippen MR) is 81.6 cm³/mol. The number of benzene rings is 1. The van der Waals surface area contributed by atoms with Gasteiger partial charge in [0, 0.05) is 16.4 Å². The van der Waals surface area contributed by atoms with Gasteiger partial charge in [-0.15, -0.1) is 11.8 Å². The van der Waals surface area contributed by atoms with Gasteiger partial charge in [-0.05, 0) is 36.4 Å². The van der Waals surface area contributed by atoms with Crippen LogP contribution >= 0.6 is 27.7 Å². The lowest BCUT2D eigenvalue weighted by molar-refractivity contribution is 0.0696. The van der Waals surface area contributed by atoms with Gasteiger partial charge in [-0.1, -0.05) is 15.9 Å². The lowest BCUT2D eigenvalue weighted by Crippen LogP contribution is -2.01. The van der Waals surface area contributed by atoms with E-state index in [1.165, 1.54) is 24.0 Å². The van der Waals surface area contributed by atoms with E-state index >= 15 is 0 Å². The minimum atomic E-state index is -0.944. The molecule has 0 spiro atoms. The Hall–Kier alpha value is -1.53. The first-order valence-corrected chi connectivity index (χ1v) is 7.63. The molecule has 1 N–H and O–H groups in total. The van der Waals surface area contributed by atoms with Crippen LogP contribution in [0, 0.1) is 0 Å². The number of halogens is 1. The third-order valence-electron chi connectivity index (χ3n) is 2.40. The van der Waals surface area contributed by atoms with E-state index in [4.69, 9.17) is 9.84 Å². The number of hydrogen-bond acceptors (Lipinski definition) is 4. The lowest BCUT2D eigenvalue weighted by Gasteiger charge is -2.06. The molecule has 2 aromatic rings. The fourth-order valence-electron chi connectivity index (χ4n) is 1.46. The second-order valence-electron chi connectivity index (χ2n) is 3.84. The molecule has 104 valence electrons. The van der Waals surface area contributed by atoms with E-state index < -0.39 is 5.97 Å². The maximum atomic E-state index is 10.8. The minimum Gasteiger partial charge on any atom is -0.493 e. The highest BCUT2D eigenvalue weighted by molar-refractivity contribution is 9.10. The molecule has 0 amide bonds. The van der Waals surface area contributed by atoms with Gasteiger partial charge in [-0.3, -0.25) is 0 Å². The Morgan fingerprint density at radius 3 is 2.75 bits per heavy atom. The molecule has 0 atom stereocenters. The van der Waals surface area contributed by atoms with Gasteiger partial charge in [0.05, 0.1) is 17.2 Å². The van der Waals surface area contributed by atoms with Crippen LogP contribution in [0.25, 0.3) is 0 Å². The Morgan fingerprint density at radius 2 is 2.05 bits per heavy atom. The van der Waals surface area contributed by atoms with E-state index in [1.54, 1.807) is 6.07 Å². The summed E-state index contributed by atoms with van der Waals surface area (Å²) in [5.41, 5.74) is 0.247. The summed E-state index contributed by atoms with van der Waals surface area (Å²) in [6, 6.07) is 10.6. The Kier molecular flexibility index (Phi) is 5.43. The lowest BCUT2D eigenvalue weighted by atomic mass is 10.3. The number of pyridine rings is 1. The second kappa shape index (κ2) is 7.31. The topological polar surface area (TPSA) is 59.4 Å². The molecule has 0 saturated carbocycles. The van der Waals surface area contributed by atoms with Crippen LogP contribution in [0.4, 0.5) is 0 Å². The molecule has 0 bridgehead atoms. The third-order valence-corrected chi connectivity index (χ3v) is 3.82. The molecule has 1 aromatic heterocycles. The van der Waals surface area contributed by atoms with Gasteiger partial charge < -0.3 is 9.84 Å². The highest BCUT2D eigenvalue weighted by Crippen LogP contribution is 2.18. The van der Waals surface area contributed by atoms with E-state index in [1.807, 2.05) is 24.3 Å². The van der Waals surface area contributed by atoms with Crippen molar-refractivity contribution in [1.29, 1.82) is 0 Å². The van der Waals surface area contributed by atoms with Crippen LogP contribution in [0.15, 0.2) is 52.1 Å². The molecular formula is C14H12BrNO3S. The van der Waals surface area contributed by atoms with E-state index in [-0.39, 0.29) is 5.56 Å². The van der Waals surface area contributed by atoms with Crippen molar-refractivity contribution in [1.82, 2.24) is 4.98 Å². The number of nitrogens with zero attached hydrogens (tertiary/aromatic N) is 1. The van der Waals surface area contributed by atoms with Crippen LogP contribution in [0.3, 0.4) is 0 Å². The van der Waals surface area contributed by atoms with Crippen LogP contribution in [0.1, 0.15) is 10.4 Å². The molecule has 0 unspecified atom stereocenters. The molecule has 2 rings (SSSR count). The number of thioether (sulfide) groups is 1. The zero-order chi connectivity index (χ0) is 14.4. The van der Waals surface area contributed by atoms with Crippen molar-refractivity contribution < 1.29 is 14.6 Å². The van der Waals surface area contributed by atoms with Gasteiger partial charge >= 0.3 is 5.97 Å². The molecule has 20 heavy (non-hydrogen) atoms. The van der Waals surface area contributed by atoms with E-state index in [0.717, 1.165) is 10.2 Å². The quantitative estimate of drug-likeness (QED) is 0.633. The van der Waals surface area contributed by atoms with Gasteiger partial charge in [0.2, 0.25) is 0 Å². The van der Waals surface area contributed by atoms with Gasteiger partial charge in [0.15, 0.2) is 0 Å². The summed E-state index contributed by atoms with van der Waals surface area (Å²) in [5, 5.41) is 9.57. The molecule has 0 radical (unpaired) electrons. The van der Waals surface area contributed by atoms with Crippen molar-refractivity contribution in [3.63, 3.8) is 0 Å². The average molecular weight is 354 g/mol. The van der Waals surface area contributed by atoms with Crippen molar-refractivity contribution in [2.75, 3.05) is 12.4 Å². The van der Waals surface area contributed by atoms with Crippen LogP contribution in [0.5, 0.6) is 5.75 Å². The zero-order valence-corrected chi connectivity index (χ0v) is 12.9. The normalized spacial score (nSPS) is 10.2. The van der Waals surface area contributed by atoms with E-state index in [9.17, 15) is 4.79 Å². The van der Waals surface area contributed by atoms with Crippen LogP contribution in [0.2, 0.25) is 0 Å². The molecule has 6 heteroatoms.